The number of thiocarbonyl (C=S) groups is 1. The Morgan fingerprint density at radius 1 is 1.39 bits per heavy atom. The van der Waals surface area contributed by atoms with Crippen molar-refractivity contribution in [1.29, 1.82) is 0 Å². The van der Waals surface area contributed by atoms with Crippen LogP contribution in [0.3, 0.4) is 0 Å². The lowest BCUT2D eigenvalue weighted by Crippen LogP contribution is -2.52. The predicted octanol–water partition coefficient (Wildman–Crippen LogP) is 2.77. The zero-order chi connectivity index (χ0) is 13.8. The Bertz CT molecular complexity index is 309. The van der Waals surface area contributed by atoms with Crippen molar-refractivity contribution in [3.8, 4) is 0 Å². The fraction of sp³-hybridized carbons (Fsp3) is 0.857. The molecule has 0 aromatic rings. The first-order valence-corrected chi connectivity index (χ1v) is 7.39. The fourth-order valence-corrected chi connectivity index (χ4v) is 2.64. The fourth-order valence-electron chi connectivity index (χ4n) is 2.39. The Balaban J connectivity index is 2.68. The minimum Gasteiger partial charge on any atom is -0.392 e. The summed E-state index contributed by atoms with van der Waals surface area (Å²) in [5.74, 6) is 0.487. The van der Waals surface area contributed by atoms with Gasteiger partial charge in [0.05, 0.1) is 11.0 Å². The summed E-state index contributed by atoms with van der Waals surface area (Å²) in [6, 6.07) is -0.126. The highest BCUT2D eigenvalue weighted by atomic mass is 32.1. The lowest BCUT2D eigenvalue weighted by molar-refractivity contribution is -0.130. The van der Waals surface area contributed by atoms with E-state index in [1.807, 2.05) is 20.8 Å². The smallest absolute Gasteiger partial charge is 0.226 e. The molecule has 0 aliphatic heterocycles. The highest BCUT2D eigenvalue weighted by molar-refractivity contribution is 7.80. The minimum atomic E-state index is -0.350. The highest BCUT2D eigenvalue weighted by Crippen LogP contribution is 2.28. The van der Waals surface area contributed by atoms with E-state index in [9.17, 15) is 4.79 Å². The third-order valence-electron chi connectivity index (χ3n) is 4.21. The molecule has 0 aromatic carbocycles. The van der Waals surface area contributed by atoms with Crippen LogP contribution in [0.4, 0.5) is 0 Å². The molecule has 0 radical (unpaired) electrons. The van der Waals surface area contributed by atoms with Crippen molar-refractivity contribution >= 4 is 23.1 Å². The molecule has 0 heterocycles. The number of amides is 1. The van der Waals surface area contributed by atoms with Crippen molar-refractivity contribution in [1.82, 2.24) is 5.32 Å². The molecule has 1 amide bonds. The molecule has 18 heavy (non-hydrogen) atoms. The molecular formula is C14H26N2OS. The molecule has 0 aromatic heterocycles. The number of carbonyl (C=O) groups is 1. The molecule has 3 nitrogen and oxygen atoms in total. The van der Waals surface area contributed by atoms with Crippen molar-refractivity contribution in [2.75, 3.05) is 0 Å². The van der Waals surface area contributed by atoms with Crippen molar-refractivity contribution in [2.24, 2.45) is 17.1 Å². The van der Waals surface area contributed by atoms with Gasteiger partial charge in [-0.25, -0.2) is 0 Å². The van der Waals surface area contributed by atoms with Crippen molar-refractivity contribution in [3.63, 3.8) is 0 Å². The number of nitrogens with one attached hydrogen (secondary N) is 1. The Hall–Kier alpha value is -0.640. The van der Waals surface area contributed by atoms with Crippen LogP contribution in [0.2, 0.25) is 0 Å². The van der Waals surface area contributed by atoms with Crippen molar-refractivity contribution in [2.45, 2.75) is 65.3 Å². The molecular weight excluding hydrogens is 244 g/mol. The average Bonchev–Trinajstić information content (AvgIpc) is 2.36. The van der Waals surface area contributed by atoms with E-state index >= 15 is 0 Å². The zero-order valence-corrected chi connectivity index (χ0v) is 12.6. The van der Waals surface area contributed by atoms with Crippen LogP contribution in [0.5, 0.6) is 0 Å². The van der Waals surface area contributed by atoms with Gasteiger partial charge in [-0.3, -0.25) is 4.79 Å². The van der Waals surface area contributed by atoms with Gasteiger partial charge in [0.15, 0.2) is 0 Å². The maximum absolute atomic E-state index is 12.2. The number of hydrogen-bond acceptors (Lipinski definition) is 2. The van der Waals surface area contributed by atoms with Gasteiger partial charge in [-0.2, -0.15) is 0 Å². The van der Waals surface area contributed by atoms with E-state index in [1.54, 1.807) is 0 Å². The van der Waals surface area contributed by atoms with Crippen LogP contribution in [0, 0.1) is 11.3 Å². The van der Waals surface area contributed by atoms with Crippen molar-refractivity contribution < 1.29 is 4.79 Å². The van der Waals surface area contributed by atoms with E-state index in [4.69, 9.17) is 18.0 Å². The van der Waals surface area contributed by atoms with E-state index in [0.29, 0.717) is 10.9 Å². The molecule has 1 aliphatic rings. The first-order chi connectivity index (χ1) is 8.38. The van der Waals surface area contributed by atoms with Crippen LogP contribution in [-0.2, 0) is 4.79 Å². The van der Waals surface area contributed by atoms with Crippen LogP contribution in [0.1, 0.15) is 59.3 Å². The Morgan fingerprint density at radius 3 is 2.39 bits per heavy atom. The summed E-state index contributed by atoms with van der Waals surface area (Å²) in [5, 5.41) is 3.07. The van der Waals surface area contributed by atoms with Gasteiger partial charge < -0.3 is 11.1 Å². The van der Waals surface area contributed by atoms with Crippen LogP contribution >= 0.6 is 12.2 Å². The number of hydrogen-bond donors (Lipinski definition) is 2. The topological polar surface area (TPSA) is 55.1 Å². The molecule has 1 aliphatic carbocycles. The van der Waals surface area contributed by atoms with Gasteiger partial charge >= 0.3 is 0 Å². The first kappa shape index (κ1) is 15.4. The van der Waals surface area contributed by atoms with Gasteiger partial charge in [0.1, 0.15) is 0 Å². The van der Waals surface area contributed by atoms with E-state index in [1.165, 1.54) is 19.3 Å². The number of carbonyl (C=O) groups excluding carboxylic acids is 1. The summed E-state index contributed by atoms with van der Waals surface area (Å²) in [6.45, 7) is 5.94. The van der Waals surface area contributed by atoms with Crippen LogP contribution < -0.4 is 11.1 Å². The van der Waals surface area contributed by atoms with Gasteiger partial charge in [0.2, 0.25) is 5.91 Å². The summed E-state index contributed by atoms with van der Waals surface area (Å²) in [5.41, 5.74) is 5.47. The Kier molecular flexibility index (Phi) is 5.57. The summed E-state index contributed by atoms with van der Waals surface area (Å²) < 4.78 is 0. The molecule has 1 atom stereocenters. The van der Waals surface area contributed by atoms with Gasteiger partial charge in [-0.1, -0.05) is 52.3 Å². The largest absolute Gasteiger partial charge is 0.392 e. The molecule has 1 fully saturated rings. The summed E-state index contributed by atoms with van der Waals surface area (Å²) >= 11 is 5.14. The standard InChI is InChI=1S/C14H26N2OS/c1-4-14(2,3)13(17)16-11(12(15)18)10-8-6-5-7-9-10/h10-11H,4-9H2,1-3H3,(H2,15,18)(H,16,17). The van der Waals surface area contributed by atoms with E-state index < -0.39 is 0 Å². The molecule has 1 saturated carbocycles. The van der Waals surface area contributed by atoms with E-state index in [0.717, 1.165) is 19.3 Å². The highest BCUT2D eigenvalue weighted by Gasteiger charge is 2.32. The van der Waals surface area contributed by atoms with Crippen LogP contribution in [-0.4, -0.2) is 16.9 Å². The maximum atomic E-state index is 12.2. The molecule has 3 N–H and O–H groups in total. The minimum absolute atomic E-state index is 0.0633. The first-order valence-electron chi connectivity index (χ1n) is 6.98. The average molecular weight is 270 g/mol. The van der Waals surface area contributed by atoms with Crippen LogP contribution in [0.25, 0.3) is 0 Å². The second kappa shape index (κ2) is 6.50. The molecule has 0 spiro atoms. The van der Waals surface area contributed by atoms with Gasteiger partial charge in [0.25, 0.3) is 0 Å². The van der Waals surface area contributed by atoms with Gasteiger partial charge in [-0.15, -0.1) is 0 Å². The van der Waals surface area contributed by atoms with Gasteiger partial charge in [-0.05, 0) is 25.2 Å². The summed E-state index contributed by atoms with van der Waals surface area (Å²) in [6.07, 6.45) is 6.78. The second-order valence-electron chi connectivity index (χ2n) is 5.99. The Labute approximate surface area is 116 Å². The normalized spacial score (nSPS) is 19.3. The second-order valence-corrected chi connectivity index (χ2v) is 6.46. The van der Waals surface area contributed by atoms with Crippen molar-refractivity contribution in [3.05, 3.63) is 0 Å². The number of rotatable bonds is 5. The SMILES string of the molecule is CCC(C)(C)C(=O)NC(C(N)=S)C1CCCCC1. The lowest BCUT2D eigenvalue weighted by atomic mass is 9.82. The lowest BCUT2D eigenvalue weighted by Gasteiger charge is -2.33. The van der Waals surface area contributed by atoms with E-state index in [-0.39, 0.29) is 17.4 Å². The summed E-state index contributed by atoms with van der Waals surface area (Å²) in [4.78, 5) is 12.7. The Morgan fingerprint density at radius 2 is 1.94 bits per heavy atom. The van der Waals surface area contributed by atoms with E-state index in [2.05, 4.69) is 5.32 Å². The molecule has 0 saturated heterocycles. The number of nitrogens with two attached hydrogens (primary N) is 1. The van der Waals surface area contributed by atoms with Crippen LogP contribution in [0.15, 0.2) is 0 Å². The zero-order valence-electron chi connectivity index (χ0n) is 11.8. The third kappa shape index (κ3) is 3.94. The molecule has 0 bridgehead atoms. The monoisotopic (exact) mass is 270 g/mol. The quantitative estimate of drug-likeness (QED) is 0.755. The summed E-state index contributed by atoms with van der Waals surface area (Å²) in [7, 11) is 0. The molecule has 1 unspecified atom stereocenters. The van der Waals surface area contributed by atoms with Gasteiger partial charge in [0, 0.05) is 5.41 Å². The predicted molar refractivity (Wildman–Crippen MR) is 79.4 cm³/mol. The molecule has 4 heteroatoms. The molecule has 104 valence electrons. The maximum Gasteiger partial charge on any atom is 0.226 e. The third-order valence-corrected chi connectivity index (χ3v) is 4.47. The molecule has 1 rings (SSSR count).